The molecule has 0 aliphatic rings. The Kier molecular flexibility index (Phi) is 5.77. The third kappa shape index (κ3) is 4.39. The maximum absolute atomic E-state index is 12.1. The van der Waals surface area contributed by atoms with E-state index in [0.717, 1.165) is 0 Å². The van der Waals surface area contributed by atoms with Crippen LogP contribution in [0.3, 0.4) is 0 Å². The van der Waals surface area contributed by atoms with Crippen LogP contribution in [-0.4, -0.2) is 23.9 Å². The normalized spacial score (nSPS) is 15.4. The number of aliphatic hydroxyl groups is 1. The van der Waals surface area contributed by atoms with Crippen molar-refractivity contribution in [2.45, 2.75) is 25.2 Å². The van der Waals surface area contributed by atoms with Gasteiger partial charge in [0.25, 0.3) is 0 Å². The highest BCUT2D eigenvalue weighted by Gasteiger charge is 2.38. The summed E-state index contributed by atoms with van der Waals surface area (Å²) in [7, 11) is 0. The van der Waals surface area contributed by atoms with Crippen LogP contribution in [0.5, 0.6) is 0 Å². The van der Waals surface area contributed by atoms with Gasteiger partial charge in [0.1, 0.15) is 0 Å². The maximum atomic E-state index is 12.1. The smallest absolute Gasteiger partial charge is 0.382 e. The van der Waals surface area contributed by atoms with E-state index in [4.69, 9.17) is 39.9 Å². The molecule has 8 heteroatoms. The van der Waals surface area contributed by atoms with Gasteiger partial charge in [0.05, 0.1) is 15.1 Å². The minimum Gasteiger partial charge on any atom is -0.382 e. The van der Waals surface area contributed by atoms with Crippen molar-refractivity contribution < 1.29 is 18.3 Å². The molecule has 1 rings (SSSR count). The van der Waals surface area contributed by atoms with Gasteiger partial charge < -0.3 is 10.4 Å². The summed E-state index contributed by atoms with van der Waals surface area (Å²) in [4.78, 5) is 0. The largest absolute Gasteiger partial charge is 0.415 e. The zero-order valence-electron chi connectivity index (χ0n) is 9.73. The first kappa shape index (κ1) is 16.9. The summed E-state index contributed by atoms with van der Waals surface area (Å²) in [6, 6.07) is 2.55. The third-order valence-corrected chi connectivity index (χ3v) is 3.84. The highest BCUT2D eigenvalue weighted by molar-refractivity contribution is 6.48. The van der Waals surface area contributed by atoms with Gasteiger partial charge in [-0.05, 0) is 18.6 Å². The monoisotopic (exact) mass is 335 g/mol. The first-order valence-electron chi connectivity index (χ1n) is 5.26. The molecule has 0 fully saturated rings. The molecule has 0 saturated carbocycles. The minimum absolute atomic E-state index is 0.144. The summed E-state index contributed by atoms with van der Waals surface area (Å²) in [5.74, 6) is 0. The number of rotatable bonds is 4. The molecule has 0 aliphatic heterocycles. The van der Waals surface area contributed by atoms with Gasteiger partial charge in [-0.15, -0.1) is 0 Å². The summed E-state index contributed by atoms with van der Waals surface area (Å²) in [6.07, 6.45) is -7.09. The molecule has 19 heavy (non-hydrogen) atoms. The Hall–Kier alpha value is -0.200. The van der Waals surface area contributed by atoms with Crippen LogP contribution >= 0.6 is 34.8 Å². The standard InChI is InChI=1S/C11H11Cl3F3NO/c1-5(18-4-8(19)11(15,16)17)6-2-3-7(12)10(14)9(6)13/h2-3,5,8,18-19H,4H2,1H3. The van der Waals surface area contributed by atoms with Gasteiger partial charge in [0.15, 0.2) is 6.10 Å². The summed E-state index contributed by atoms with van der Waals surface area (Å²) in [5.41, 5.74) is 0.505. The molecule has 1 aromatic carbocycles. The SMILES string of the molecule is CC(NCC(O)C(F)(F)F)c1ccc(Cl)c(Cl)c1Cl. The quantitative estimate of drug-likeness (QED) is 0.807. The lowest BCUT2D eigenvalue weighted by Crippen LogP contribution is -2.39. The molecule has 0 saturated heterocycles. The Morgan fingerprint density at radius 2 is 1.79 bits per heavy atom. The number of nitrogens with one attached hydrogen (secondary N) is 1. The van der Waals surface area contributed by atoms with E-state index < -0.39 is 24.9 Å². The highest BCUT2D eigenvalue weighted by atomic mass is 35.5. The fraction of sp³-hybridized carbons (Fsp3) is 0.455. The summed E-state index contributed by atoms with van der Waals surface area (Å²) in [5, 5.41) is 12.0. The Labute approximate surface area is 123 Å². The first-order valence-corrected chi connectivity index (χ1v) is 6.39. The van der Waals surface area contributed by atoms with E-state index in [2.05, 4.69) is 5.32 Å². The Bertz CT molecular complexity index is 454. The van der Waals surface area contributed by atoms with E-state index in [0.29, 0.717) is 5.56 Å². The molecule has 2 nitrogen and oxygen atoms in total. The molecule has 0 bridgehead atoms. The second-order valence-electron chi connectivity index (χ2n) is 3.95. The van der Waals surface area contributed by atoms with Crippen molar-refractivity contribution in [3.63, 3.8) is 0 Å². The first-order chi connectivity index (χ1) is 8.64. The number of alkyl halides is 3. The molecule has 2 atom stereocenters. The summed E-state index contributed by atoms with van der Waals surface area (Å²) < 4.78 is 36.4. The van der Waals surface area contributed by atoms with E-state index >= 15 is 0 Å². The van der Waals surface area contributed by atoms with Crippen molar-refractivity contribution in [1.82, 2.24) is 5.32 Å². The topological polar surface area (TPSA) is 32.3 Å². The molecule has 108 valence electrons. The van der Waals surface area contributed by atoms with Gasteiger partial charge >= 0.3 is 6.18 Å². The van der Waals surface area contributed by atoms with E-state index in [1.807, 2.05) is 0 Å². The number of hydrogen-bond acceptors (Lipinski definition) is 2. The molecule has 2 N–H and O–H groups in total. The number of halogens is 6. The lowest BCUT2D eigenvalue weighted by Gasteiger charge is -2.20. The predicted octanol–water partition coefficient (Wildman–Crippen LogP) is 4.22. The van der Waals surface area contributed by atoms with Gasteiger partial charge in [0.2, 0.25) is 0 Å². The molecule has 1 aromatic rings. The molecule has 0 heterocycles. The molecule has 0 radical (unpaired) electrons. The predicted molar refractivity (Wildman–Crippen MR) is 70.0 cm³/mol. The number of hydrogen-bond donors (Lipinski definition) is 2. The Morgan fingerprint density at radius 3 is 2.32 bits per heavy atom. The van der Waals surface area contributed by atoms with Crippen molar-refractivity contribution in [1.29, 1.82) is 0 Å². The van der Waals surface area contributed by atoms with Crippen LogP contribution in [0.15, 0.2) is 12.1 Å². The van der Waals surface area contributed by atoms with Gasteiger partial charge in [-0.25, -0.2) is 0 Å². The van der Waals surface area contributed by atoms with Crippen molar-refractivity contribution in [3.8, 4) is 0 Å². The van der Waals surface area contributed by atoms with Gasteiger partial charge in [-0.1, -0.05) is 40.9 Å². The van der Waals surface area contributed by atoms with Crippen LogP contribution in [0.4, 0.5) is 13.2 Å². The van der Waals surface area contributed by atoms with Crippen LogP contribution in [-0.2, 0) is 0 Å². The van der Waals surface area contributed by atoms with Crippen LogP contribution in [0.1, 0.15) is 18.5 Å². The van der Waals surface area contributed by atoms with Gasteiger partial charge in [-0.3, -0.25) is 0 Å². The number of benzene rings is 1. The molecular weight excluding hydrogens is 325 g/mol. The van der Waals surface area contributed by atoms with Gasteiger partial charge in [-0.2, -0.15) is 13.2 Å². The lowest BCUT2D eigenvalue weighted by molar-refractivity contribution is -0.202. The second-order valence-corrected chi connectivity index (χ2v) is 5.12. The van der Waals surface area contributed by atoms with Crippen LogP contribution in [0.2, 0.25) is 15.1 Å². The fourth-order valence-corrected chi connectivity index (χ4v) is 2.10. The molecule has 2 unspecified atom stereocenters. The highest BCUT2D eigenvalue weighted by Crippen LogP contribution is 2.35. The average molecular weight is 337 g/mol. The molecule has 0 aromatic heterocycles. The molecule has 0 amide bonds. The van der Waals surface area contributed by atoms with Crippen molar-refractivity contribution >= 4 is 34.8 Å². The number of aliphatic hydroxyl groups excluding tert-OH is 1. The Balaban J connectivity index is 2.75. The van der Waals surface area contributed by atoms with E-state index in [1.54, 1.807) is 13.0 Å². The van der Waals surface area contributed by atoms with Crippen molar-refractivity contribution in [2.75, 3.05) is 6.54 Å². The Morgan fingerprint density at radius 1 is 1.21 bits per heavy atom. The van der Waals surface area contributed by atoms with Crippen molar-refractivity contribution in [2.24, 2.45) is 0 Å². The van der Waals surface area contributed by atoms with Crippen LogP contribution in [0.25, 0.3) is 0 Å². The average Bonchev–Trinajstić information content (AvgIpc) is 2.31. The van der Waals surface area contributed by atoms with Gasteiger partial charge in [0, 0.05) is 12.6 Å². The zero-order valence-corrected chi connectivity index (χ0v) is 12.0. The summed E-state index contributed by atoms with van der Waals surface area (Å²) in [6.45, 7) is 0.968. The van der Waals surface area contributed by atoms with Crippen LogP contribution in [0, 0.1) is 0 Å². The fourth-order valence-electron chi connectivity index (χ4n) is 1.39. The second kappa shape index (κ2) is 6.50. The van der Waals surface area contributed by atoms with E-state index in [-0.39, 0.29) is 15.1 Å². The minimum atomic E-state index is -4.66. The summed E-state index contributed by atoms with van der Waals surface area (Å²) >= 11 is 17.6. The molecule has 0 aliphatic carbocycles. The van der Waals surface area contributed by atoms with E-state index in [1.165, 1.54) is 6.07 Å². The lowest BCUT2D eigenvalue weighted by atomic mass is 10.1. The van der Waals surface area contributed by atoms with Crippen molar-refractivity contribution in [3.05, 3.63) is 32.8 Å². The maximum Gasteiger partial charge on any atom is 0.415 e. The van der Waals surface area contributed by atoms with Crippen LogP contribution < -0.4 is 5.32 Å². The third-order valence-electron chi connectivity index (χ3n) is 2.53. The zero-order chi connectivity index (χ0) is 14.8. The molecular formula is C11H11Cl3F3NO. The molecule has 0 spiro atoms. The van der Waals surface area contributed by atoms with E-state index in [9.17, 15) is 13.2 Å².